The van der Waals surface area contributed by atoms with Crippen molar-refractivity contribution in [3.05, 3.63) is 34.9 Å². The van der Waals surface area contributed by atoms with Gasteiger partial charge in [0.1, 0.15) is 0 Å². The standard InChI is InChI=1S/C9H12.C3H9N.C2H6/c1-7-4-5-8(2)9(3)6-7;1-4(2)3;1-2/h4-6H,1-3H3;1-3H3;1-2H3. The third-order valence-electron chi connectivity index (χ3n) is 1.66. The second-order valence-electron chi connectivity index (χ2n) is 3.93. The Balaban J connectivity index is 0. The molecule has 0 aromatic heterocycles. The van der Waals surface area contributed by atoms with E-state index in [2.05, 4.69) is 39.0 Å². The summed E-state index contributed by atoms with van der Waals surface area (Å²) in [4.78, 5) is 2.00. The zero-order valence-electron chi connectivity index (χ0n) is 11.7. The third kappa shape index (κ3) is 11.1. The maximum absolute atomic E-state index is 2.20. The van der Waals surface area contributed by atoms with Crippen LogP contribution < -0.4 is 0 Å². The summed E-state index contributed by atoms with van der Waals surface area (Å²) >= 11 is 0. The third-order valence-corrected chi connectivity index (χ3v) is 1.66. The SMILES string of the molecule is CC.CN(C)C.Cc1ccc(C)c(C)c1. The minimum Gasteiger partial charge on any atom is -0.312 e. The summed E-state index contributed by atoms with van der Waals surface area (Å²) < 4.78 is 0. The molecule has 0 amide bonds. The van der Waals surface area contributed by atoms with Gasteiger partial charge in [0.2, 0.25) is 0 Å². The van der Waals surface area contributed by atoms with Crippen molar-refractivity contribution in [1.82, 2.24) is 4.90 Å². The van der Waals surface area contributed by atoms with E-state index in [1.54, 1.807) is 0 Å². The van der Waals surface area contributed by atoms with Crippen molar-refractivity contribution in [3.63, 3.8) is 0 Å². The highest BCUT2D eigenvalue weighted by Crippen LogP contribution is 2.07. The van der Waals surface area contributed by atoms with Gasteiger partial charge in [-0.05, 0) is 53.0 Å². The van der Waals surface area contributed by atoms with Crippen LogP contribution >= 0.6 is 0 Å². The van der Waals surface area contributed by atoms with Crippen LogP contribution in [0.2, 0.25) is 0 Å². The molecule has 0 saturated carbocycles. The Hall–Kier alpha value is -0.820. The van der Waals surface area contributed by atoms with Crippen molar-refractivity contribution in [1.29, 1.82) is 0 Å². The largest absolute Gasteiger partial charge is 0.312 e. The van der Waals surface area contributed by atoms with Crippen molar-refractivity contribution >= 4 is 0 Å². The van der Waals surface area contributed by atoms with E-state index >= 15 is 0 Å². The van der Waals surface area contributed by atoms with Gasteiger partial charge in [0, 0.05) is 0 Å². The molecule has 0 aliphatic carbocycles. The molecule has 1 heteroatoms. The van der Waals surface area contributed by atoms with E-state index in [0.717, 1.165) is 0 Å². The van der Waals surface area contributed by atoms with E-state index in [1.165, 1.54) is 16.7 Å². The summed E-state index contributed by atoms with van der Waals surface area (Å²) in [5, 5.41) is 0. The molecule has 0 bridgehead atoms. The zero-order valence-corrected chi connectivity index (χ0v) is 11.7. The van der Waals surface area contributed by atoms with Gasteiger partial charge in [0.05, 0.1) is 0 Å². The van der Waals surface area contributed by atoms with Crippen LogP contribution in [0.3, 0.4) is 0 Å². The average Bonchev–Trinajstić information content (AvgIpc) is 2.14. The first-order valence-corrected chi connectivity index (χ1v) is 5.58. The van der Waals surface area contributed by atoms with E-state index < -0.39 is 0 Å². The van der Waals surface area contributed by atoms with Gasteiger partial charge in [-0.25, -0.2) is 0 Å². The first kappa shape index (κ1) is 16.6. The van der Waals surface area contributed by atoms with Crippen LogP contribution in [0.1, 0.15) is 30.5 Å². The van der Waals surface area contributed by atoms with Gasteiger partial charge in [-0.3, -0.25) is 0 Å². The predicted molar refractivity (Wildman–Crippen MR) is 71.6 cm³/mol. The van der Waals surface area contributed by atoms with Crippen molar-refractivity contribution < 1.29 is 0 Å². The molecule has 0 saturated heterocycles. The van der Waals surface area contributed by atoms with Gasteiger partial charge in [0.25, 0.3) is 0 Å². The molecule has 0 aliphatic rings. The van der Waals surface area contributed by atoms with Crippen molar-refractivity contribution in [2.75, 3.05) is 21.1 Å². The normalized spacial score (nSPS) is 8.60. The molecule has 0 radical (unpaired) electrons. The lowest BCUT2D eigenvalue weighted by Crippen LogP contribution is -1.99. The summed E-state index contributed by atoms with van der Waals surface area (Å²) in [7, 11) is 6.00. The van der Waals surface area contributed by atoms with Crippen molar-refractivity contribution in [3.8, 4) is 0 Å². The quantitative estimate of drug-likeness (QED) is 0.628. The molecule has 1 nitrogen and oxygen atoms in total. The lowest BCUT2D eigenvalue weighted by atomic mass is 10.1. The average molecular weight is 209 g/mol. The molecule has 1 aromatic rings. The van der Waals surface area contributed by atoms with E-state index in [4.69, 9.17) is 0 Å². The Labute approximate surface area is 96.1 Å². The Kier molecular flexibility index (Phi) is 10.8. The lowest BCUT2D eigenvalue weighted by molar-refractivity contribution is 0.505. The second-order valence-corrected chi connectivity index (χ2v) is 3.93. The minimum atomic E-state index is 1.35. The molecule has 0 N–H and O–H groups in total. The first-order chi connectivity index (χ1) is 6.93. The van der Waals surface area contributed by atoms with E-state index in [0.29, 0.717) is 0 Å². The van der Waals surface area contributed by atoms with Gasteiger partial charge >= 0.3 is 0 Å². The van der Waals surface area contributed by atoms with E-state index in [9.17, 15) is 0 Å². The second kappa shape index (κ2) is 9.72. The highest BCUT2D eigenvalue weighted by molar-refractivity contribution is 5.28. The topological polar surface area (TPSA) is 3.24 Å². The highest BCUT2D eigenvalue weighted by atomic mass is 15.0. The van der Waals surface area contributed by atoms with Gasteiger partial charge in [0.15, 0.2) is 0 Å². The molecular weight excluding hydrogens is 182 g/mol. The molecule has 0 atom stereocenters. The van der Waals surface area contributed by atoms with Gasteiger partial charge < -0.3 is 4.90 Å². The zero-order chi connectivity index (χ0) is 12.4. The van der Waals surface area contributed by atoms with Crippen LogP contribution in [0.4, 0.5) is 0 Å². The summed E-state index contributed by atoms with van der Waals surface area (Å²) in [5.74, 6) is 0. The number of hydrogen-bond acceptors (Lipinski definition) is 1. The van der Waals surface area contributed by atoms with Crippen LogP contribution in [0.5, 0.6) is 0 Å². The van der Waals surface area contributed by atoms with Crippen LogP contribution in [-0.4, -0.2) is 26.0 Å². The molecule has 1 rings (SSSR count). The van der Waals surface area contributed by atoms with Crippen molar-refractivity contribution in [2.24, 2.45) is 0 Å². The molecule has 1 aromatic carbocycles. The Morgan fingerprint density at radius 2 is 1.20 bits per heavy atom. The number of hydrogen-bond donors (Lipinski definition) is 0. The van der Waals surface area contributed by atoms with Crippen LogP contribution in [0, 0.1) is 20.8 Å². The van der Waals surface area contributed by atoms with Gasteiger partial charge in [-0.15, -0.1) is 0 Å². The maximum atomic E-state index is 2.20. The van der Waals surface area contributed by atoms with Gasteiger partial charge in [-0.1, -0.05) is 37.6 Å². The highest BCUT2D eigenvalue weighted by Gasteiger charge is 1.89. The monoisotopic (exact) mass is 209 g/mol. The summed E-state index contributed by atoms with van der Waals surface area (Å²) in [5.41, 5.74) is 4.11. The van der Waals surface area contributed by atoms with Crippen molar-refractivity contribution in [2.45, 2.75) is 34.6 Å². The number of aryl methyl sites for hydroxylation is 3. The number of benzene rings is 1. The van der Waals surface area contributed by atoms with E-state index in [-0.39, 0.29) is 0 Å². The number of nitrogens with zero attached hydrogens (tertiary/aromatic N) is 1. The number of rotatable bonds is 0. The lowest BCUT2D eigenvalue weighted by Gasteiger charge is -1.98. The molecule has 0 unspecified atom stereocenters. The fourth-order valence-electron chi connectivity index (χ4n) is 0.891. The van der Waals surface area contributed by atoms with Crippen LogP contribution in [0.25, 0.3) is 0 Å². The molecule has 0 heterocycles. The van der Waals surface area contributed by atoms with Crippen LogP contribution in [0.15, 0.2) is 18.2 Å². The smallest absolute Gasteiger partial charge is 0.0140 e. The summed E-state index contributed by atoms with van der Waals surface area (Å²) in [6.07, 6.45) is 0. The molecule has 0 fully saturated rings. The summed E-state index contributed by atoms with van der Waals surface area (Å²) in [6, 6.07) is 6.50. The Morgan fingerprint density at radius 3 is 1.47 bits per heavy atom. The molecular formula is C14H27N. The van der Waals surface area contributed by atoms with Gasteiger partial charge in [-0.2, -0.15) is 0 Å². The Bertz CT molecular complexity index is 249. The van der Waals surface area contributed by atoms with E-state index in [1.807, 2.05) is 39.9 Å². The fraction of sp³-hybridized carbons (Fsp3) is 0.571. The predicted octanol–water partition coefficient (Wildman–Crippen LogP) is 3.82. The molecule has 0 aliphatic heterocycles. The maximum Gasteiger partial charge on any atom is -0.0140 e. The molecule has 0 spiro atoms. The molecule has 88 valence electrons. The van der Waals surface area contributed by atoms with Crippen LogP contribution in [-0.2, 0) is 0 Å². The summed E-state index contributed by atoms with van der Waals surface area (Å²) in [6.45, 7) is 10.4. The Morgan fingerprint density at radius 1 is 0.800 bits per heavy atom. The minimum absolute atomic E-state index is 1.35. The molecule has 15 heavy (non-hydrogen) atoms. The first-order valence-electron chi connectivity index (χ1n) is 5.58. The fourth-order valence-corrected chi connectivity index (χ4v) is 0.891.